The lowest BCUT2D eigenvalue weighted by molar-refractivity contribution is -0.0749. The van der Waals surface area contributed by atoms with E-state index in [2.05, 4.69) is 29.3 Å². The summed E-state index contributed by atoms with van der Waals surface area (Å²) in [6.45, 7) is 5.81. The molecule has 0 aliphatic carbocycles. The minimum Gasteiger partial charge on any atom is -0.374 e. The van der Waals surface area contributed by atoms with Gasteiger partial charge in [-0.05, 0) is 31.2 Å². The van der Waals surface area contributed by atoms with Crippen LogP contribution in [0, 0.1) is 0 Å². The molecule has 2 aliphatic heterocycles. The summed E-state index contributed by atoms with van der Waals surface area (Å²) in [5.41, 5.74) is 0. The SMILES string of the molecule is CCO[C@H]1CN(Cc2cccs2)[C@@H]2CCCO[C@H]12. The summed E-state index contributed by atoms with van der Waals surface area (Å²) in [7, 11) is 0. The third kappa shape index (κ3) is 2.48. The van der Waals surface area contributed by atoms with Gasteiger partial charge in [0.2, 0.25) is 0 Å². The van der Waals surface area contributed by atoms with E-state index in [1.165, 1.54) is 17.7 Å². The number of nitrogens with zero attached hydrogens (tertiary/aromatic N) is 1. The van der Waals surface area contributed by atoms with Crippen LogP contribution in [-0.4, -0.2) is 42.9 Å². The Labute approximate surface area is 113 Å². The number of likely N-dealkylation sites (tertiary alicyclic amines) is 1. The van der Waals surface area contributed by atoms with E-state index >= 15 is 0 Å². The lowest BCUT2D eigenvalue weighted by Gasteiger charge is -2.32. The van der Waals surface area contributed by atoms with E-state index in [4.69, 9.17) is 9.47 Å². The summed E-state index contributed by atoms with van der Waals surface area (Å²) >= 11 is 1.84. The van der Waals surface area contributed by atoms with Crippen molar-refractivity contribution in [1.82, 2.24) is 4.90 Å². The van der Waals surface area contributed by atoms with E-state index in [9.17, 15) is 0 Å². The monoisotopic (exact) mass is 267 g/mol. The molecule has 0 spiro atoms. The van der Waals surface area contributed by atoms with Crippen LogP contribution in [0.15, 0.2) is 17.5 Å². The highest BCUT2D eigenvalue weighted by molar-refractivity contribution is 7.09. The van der Waals surface area contributed by atoms with Crippen LogP contribution in [0.25, 0.3) is 0 Å². The largest absolute Gasteiger partial charge is 0.374 e. The highest BCUT2D eigenvalue weighted by Gasteiger charge is 2.44. The van der Waals surface area contributed by atoms with Gasteiger partial charge in [0.25, 0.3) is 0 Å². The second-order valence-corrected chi connectivity index (χ2v) is 6.08. The molecule has 1 aromatic heterocycles. The predicted octanol–water partition coefficient (Wildman–Crippen LogP) is 2.52. The van der Waals surface area contributed by atoms with Crippen LogP contribution in [0.4, 0.5) is 0 Å². The first-order valence-electron chi connectivity index (χ1n) is 6.88. The maximum absolute atomic E-state index is 5.95. The average Bonchev–Trinajstić information content (AvgIpc) is 3.00. The van der Waals surface area contributed by atoms with Gasteiger partial charge in [-0.2, -0.15) is 0 Å². The first kappa shape index (κ1) is 12.6. The van der Waals surface area contributed by atoms with Gasteiger partial charge in [0.15, 0.2) is 0 Å². The van der Waals surface area contributed by atoms with Crippen LogP contribution in [0.5, 0.6) is 0 Å². The van der Waals surface area contributed by atoms with Crippen molar-refractivity contribution in [2.45, 2.75) is 44.6 Å². The first-order chi connectivity index (χ1) is 8.88. The molecule has 0 bridgehead atoms. The standard InChI is InChI=1S/C14H21NO2S/c1-2-16-13-10-15(9-11-5-4-8-18-11)12-6-3-7-17-14(12)13/h4-5,8,12-14H,2-3,6-7,9-10H2,1H3/t12-,13+,14+/m1/s1. The van der Waals surface area contributed by atoms with Crippen molar-refractivity contribution < 1.29 is 9.47 Å². The van der Waals surface area contributed by atoms with Crippen molar-refractivity contribution >= 4 is 11.3 Å². The zero-order chi connectivity index (χ0) is 12.4. The van der Waals surface area contributed by atoms with Crippen LogP contribution < -0.4 is 0 Å². The summed E-state index contributed by atoms with van der Waals surface area (Å²) in [6.07, 6.45) is 2.99. The molecule has 0 N–H and O–H groups in total. The molecule has 2 aliphatic rings. The Balaban J connectivity index is 1.70. The lowest BCUT2D eigenvalue weighted by Crippen LogP contribution is -2.41. The fourth-order valence-electron chi connectivity index (χ4n) is 3.15. The molecule has 0 amide bonds. The summed E-state index contributed by atoms with van der Waals surface area (Å²) in [6, 6.07) is 4.90. The predicted molar refractivity (Wildman–Crippen MR) is 72.9 cm³/mol. The third-order valence-corrected chi connectivity index (χ3v) is 4.76. The van der Waals surface area contributed by atoms with Gasteiger partial charge in [-0.1, -0.05) is 6.07 Å². The van der Waals surface area contributed by atoms with Crippen LogP contribution in [0.3, 0.4) is 0 Å². The molecule has 3 heterocycles. The molecular weight excluding hydrogens is 246 g/mol. The Kier molecular flexibility index (Phi) is 3.99. The van der Waals surface area contributed by atoms with Crippen molar-refractivity contribution in [1.29, 1.82) is 0 Å². The first-order valence-corrected chi connectivity index (χ1v) is 7.76. The number of fused-ring (bicyclic) bond motifs is 1. The summed E-state index contributed by atoms with van der Waals surface area (Å²) < 4.78 is 11.8. The van der Waals surface area contributed by atoms with Gasteiger partial charge in [-0.3, -0.25) is 4.90 Å². The molecule has 3 nitrogen and oxygen atoms in total. The van der Waals surface area contributed by atoms with Crippen molar-refractivity contribution in [3.63, 3.8) is 0 Å². The van der Waals surface area contributed by atoms with E-state index in [-0.39, 0.29) is 6.10 Å². The van der Waals surface area contributed by atoms with Gasteiger partial charge in [-0.15, -0.1) is 11.3 Å². The molecule has 0 saturated carbocycles. The molecule has 2 fully saturated rings. The maximum Gasteiger partial charge on any atom is 0.100 e. The van der Waals surface area contributed by atoms with Crippen molar-refractivity contribution in [2.75, 3.05) is 19.8 Å². The molecule has 1 aromatic rings. The minimum atomic E-state index is 0.264. The molecule has 0 radical (unpaired) electrons. The van der Waals surface area contributed by atoms with Crippen molar-refractivity contribution in [3.8, 4) is 0 Å². The van der Waals surface area contributed by atoms with Crippen LogP contribution >= 0.6 is 11.3 Å². The van der Waals surface area contributed by atoms with Gasteiger partial charge < -0.3 is 9.47 Å². The number of hydrogen-bond donors (Lipinski definition) is 0. The fourth-order valence-corrected chi connectivity index (χ4v) is 3.88. The van der Waals surface area contributed by atoms with E-state index < -0.39 is 0 Å². The highest BCUT2D eigenvalue weighted by atomic mass is 32.1. The minimum absolute atomic E-state index is 0.264. The van der Waals surface area contributed by atoms with Crippen molar-refractivity contribution in [2.24, 2.45) is 0 Å². The third-order valence-electron chi connectivity index (χ3n) is 3.90. The number of thiophene rings is 1. The number of hydrogen-bond acceptors (Lipinski definition) is 4. The summed E-state index contributed by atoms with van der Waals surface area (Å²) in [5.74, 6) is 0. The van der Waals surface area contributed by atoms with Crippen LogP contribution in [0.2, 0.25) is 0 Å². The van der Waals surface area contributed by atoms with Crippen LogP contribution in [0.1, 0.15) is 24.6 Å². The van der Waals surface area contributed by atoms with Gasteiger partial charge in [0.05, 0.1) is 6.10 Å². The number of rotatable bonds is 4. The van der Waals surface area contributed by atoms with Gasteiger partial charge in [0.1, 0.15) is 6.10 Å². The maximum atomic E-state index is 5.95. The zero-order valence-electron chi connectivity index (χ0n) is 10.9. The molecule has 100 valence electrons. The molecule has 3 atom stereocenters. The smallest absolute Gasteiger partial charge is 0.100 e. The van der Waals surface area contributed by atoms with Crippen molar-refractivity contribution in [3.05, 3.63) is 22.4 Å². The van der Waals surface area contributed by atoms with Gasteiger partial charge >= 0.3 is 0 Å². The average molecular weight is 267 g/mol. The van der Waals surface area contributed by atoms with Crippen LogP contribution in [-0.2, 0) is 16.0 Å². The van der Waals surface area contributed by atoms with E-state index in [0.717, 1.165) is 26.3 Å². The Hall–Kier alpha value is -0.420. The normalized spacial score (nSPS) is 32.6. The Morgan fingerprint density at radius 2 is 2.50 bits per heavy atom. The fraction of sp³-hybridized carbons (Fsp3) is 0.714. The highest BCUT2D eigenvalue weighted by Crippen LogP contribution is 2.32. The van der Waals surface area contributed by atoms with E-state index in [0.29, 0.717) is 12.1 Å². The zero-order valence-corrected chi connectivity index (χ0v) is 11.7. The molecule has 2 saturated heterocycles. The molecule has 18 heavy (non-hydrogen) atoms. The topological polar surface area (TPSA) is 21.7 Å². The molecule has 3 rings (SSSR count). The Morgan fingerprint density at radius 3 is 3.28 bits per heavy atom. The van der Waals surface area contributed by atoms with E-state index in [1.807, 2.05) is 11.3 Å². The Bertz CT molecular complexity index is 368. The molecule has 0 aromatic carbocycles. The second-order valence-electron chi connectivity index (χ2n) is 5.05. The molecule has 4 heteroatoms. The van der Waals surface area contributed by atoms with E-state index in [1.54, 1.807) is 0 Å². The number of ether oxygens (including phenoxy) is 2. The second kappa shape index (κ2) is 5.70. The molecule has 0 unspecified atom stereocenters. The van der Waals surface area contributed by atoms with Gasteiger partial charge in [-0.25, -0.2) is 0 Å². The quantitative estimate of drug-likeness (QED) is 0.836. The van der Waals surface area contributed by atoms with Gasteiger partial charge in [0, 0.05) is 37.2 Å². The summed E-state index contributed by atoms with van der Waals surface area (Å²) in [4.78, 5) is 3.99. The Morgan fingerprint density at radius 1 is 1.56 bits per heavy atom. The summed E-state index contributed by atoms with van der Waals surface area (Å²) in [5, 5.41) is 2.15. The molecular formula is C14H21NO2S. The lowest BCUT2D eigenvalue weighted by atomic mass is 10.0.